The number of carbonyl (C=O) groups is 2. The zero-order valence-electron chi connectivity index (χ0n) is 12.1. The first-order valence-electron chi connectivity index (χ1n) is 6.91. The number of benzene rings is 1. The lowest BCUT2D eigenvalue weighted by atomic mass is 10.0. The van der Waals surface area contributed by atoms with Crippen molar-refractivity contribution in [2.24, 2.45) is 17.3 Å². The van der Waals surface area contributed by atoms with Crippen molar-refractivity contribution in [2.45, 2.75) is 26.7 Å². The molecule has 4 nitrogen and oxygen atoms in total. The molecule has 0 aliphatic heterocycles. The third kappa shape index (κ3) is 2.69. The highest BCUT2D eigenvalue weighted by Crippen LogP contribution is 2.58. The summed E-state index contributed by atoms with van der Waals surface area (Å²) in [5.41, 5.74) is 0.726. The van der Waals surface area contributed by atoms with Gasteiger partial charge in [0.05, 0.1) is 11.8 Å². The summed E-state index contributed by atoms with van der Waals surface area (Å²) >= 11 is 0. The van der Waals surface area contributed by atoms with Crippen molar-refractivity contribution in [3.8, 4) is 0 Å². The van der Waals surface area contributed by atoms with Crippen molar-refractivity contribution in [1.82, 2.24) is 5.32 Å². The van der Waals surface area contributed by atoms with Gasteiger partial charge in [0.2, 0.25) is 5.91 Å². The molecule has 20 heavy (non-hydrogen) atoms. The fourth-order valence-corrected chi connectivity index (χ4v) is 2.85. The molecule has 1 aliphatic rings. The molecule has 1 saturated carbocycles. The van der Waals surface area contributed by atoms with Gasteiger partial charge in [0, 0.05) is 6.54 Å². The van der Waals surface area contributed by atoms with E-state index in [0.717, 1.165) is 5.56 Å². The Kier molecular flexibility index (Phi) is 3.84. The van der Waals surface area contributed by atoms with E-state index >= 15 is 0 Å². The lowest BCUT2D eigenvalue weighted by molar-refractivity contribution is -0.140. The first-order valence-corrected chi connectivity index (χ1v) is 6.91. The lowest BCUT2D eigenvalue weighted by Crippen LogP contribution is -2.30. The molecule has 3 atom stereocenters. The second kappa shape index (κ2) is 5.27. The maximum Gasteiger partial charge on any atom is 0.307 e. The number of hydrogen-bond acceptors (Lipinski definition) is 2. The van der Waals surface area contributed by atoms with Crippen LogP contribution in [0.15, 0.2) is 30.3 Å². The predicted molar refractivity (Wildman–Crippen MR) is 76.3 cm³/mol. The van der Waals surface area contributed by atoms with E-state index in [2.05, 4.69) is 5.32 Å². The van der Waals surface area contributed by atoms with E-state index in [4.69, 9.17) is 5.11 Å². The topological polar surface area (TPSA) is 66.4 Å². The number of amides is 1. The molecule has 2 rings (SSSR count). The first-order chi connectivity index (χ1) is 9.35. The Balaban J connectivity index is 1.89. The average molecular weight is 275 g/mol. The molecule has 2 N–H and O–H groups in total. The van der Waals surface area contributed by atoms with E-state index < -0.39 is 23.2 Å². The van der Waals surface area contributed by atoms with E-state index in [1.165, 1.54) is 0 Å². The SMILES string of the molecule is CC(CNC(=O)[C@H]1[C@@H](C(=O)O)C1(C)C)c1ccccc1. The standard InChI is InChI=1S/C16H21NO3/c1-10(11-7-5-4-6-8-11)9-17-14(18)12-13(15(19)20)16(12,2)3/h4-8,10,12-13H,9H2,1-3H3,(H,17,18)(H,19,20)/t10?,12-,13+/m1/s1. The van der Waals surface area contributed by atoms with Crippen LogP contribution in [0.5, 0.6) is 0 Å². The van der Waals surface area contributed by atoms with Crippen molar-refractivity contribution >= 4 is 11.9 Å². The molecule has 0 radical (unpaired) electrons. The largest absolute Gasteiger partial charge is 0.481 e. The molecule has 0 spiro atoms. The highest BCUT2D eigenvalue weighted by Gasteiger charge is 2.65. The normalized spacial score (nSPS) is 24.8. The molecule has 1 aliphatic carbocycles. The van der Waals surface area contributed by atoms with Gasteiger partial charge in [-0.05, 0) is 16.9 Å². The van der Waals surface area contributed by atoms with Gasteiger partial charge in [0.25, 0.3) is 0 Å². The van der Waals surface area contributed by atoms with Crippen molar-refractivity contribution in [3.63, 3.8) is 0 Å². The molecule has 1 amide bonds. The van der Waals surface area contributed by atoms with Gasteiger partial charge in [-0.1, -0.05) is 51.1 Å². The Morgan fingerprint density at radius 3 is 2.35 bits per heavy atom. The summed E-state index contributed by atoms with van der Waals surface area (Å²) in [4.78, 5) is 23.2. The van der Waals surface area contributed by atoms with Crippen LogP contribution in [0.1, 0.15) is 32.3 Å². The second-order valence-electron chi connectivity index (χ2n) is 6.17. The fraction of sp³-hybridized carbons (Fsp3) is 0.500. The van der Waals surface area contributed by atoms with Gasteiger partial charge in [-0.2, -0.15) is 0 Å². The van der Waals surface area contributed by atoms with Crippen LogP contribution in [0.3, 0.4) is 0 Å². The number of rotatable bonds is 5. The predicted octanol–water partition coefficient (Wildman–Crippen LogP) is 2.26. The Hall–Kier alpha value is -1.84. The number of carboxylic acid groups (broad SMARTS) is 1. The number of aliphatic carboxylic acids is 1. The molecule has 0 heterocycles. The molecule has 1 aromatic carbocycles. The molecule has 1 unspecified atom stereocenters. The van der Waals surface area contributed by atoms with Gasteiger partial charge in [-0.15, -0.1) is 0 Å². The summed E-state index contributed by atoms with van der Waals surface area (Å²) in [5.74, 6) is -1.79. The summed E-state index contributed by atoms with van der Waals surface area (Å²) in [6, 6.07) is 9.95. The Morgan fingerprint density at radius 2 is 1.85 bits per heavy atom. The van der Waals surface area contributed by atoms with Gasteiger partial charge in [0.15, 0.2) is 0 Å². The zero-order valence-corrected chi connectivity index (χ0v) is 12.1. The van der Waals surface area contributed by atoms with Crippen LogP contribution < -0.4 is 5.32 Å². The van der Waals surface area contributed by atoms with Gasteiger partial charge in [-0.25, -0.2) is 0 Å². The van der Waals surface area contributed by atoms with E-state index in [1.807, 2.05) is 51.1 Å². The fourth-order valence-electron chi connectivity index (χ4n) is 2.85. The van der Waals surface area contributed by atoms with Crippen LogP contribution in [0.4, 0.5) is 0 Å². The van der Waals surface area contributed by atoms with E-state index in [1.54, 1.807) is 0 Å². The van der Waals surface area contributed by atoms with E-state index in [0.29, 0.717) is 6.54 Å². The molecule has 0 aromatic heterocycles. The van der Waals surface area contributed by atoms with Crippen LogP contribution in [-0.4, -0.2) is 23.5 Å². The van der Waals surface area contributed by atoms with Crippen LogP contribution >= 0.6 is 0 Å². The zero-order chi connectivity index (χ0) is 14.9. The van der Waals surface area contributed by atoms with Gasteiger partial charge >= 0.3 is 5.97 Å². The number of nitrogens with one attached hydrogen (secondary N) is 1. The number of carbonyl (C=O) groups excluding carboxylic acids is 1. The number of carboxylic acids is 1. The van der Waals surface area contributed by atoms with Crippen molar-refractivity contribution < 1.29 is 14.7 Å². The summed E-state index contributed by atoms with van der Waals surface area (Å²) in [7, 11) is 0. The van der Waals surface area contributed by atoms with Crippen LogP contribution in [0, 0.1) is 17.3 Å². The molecular weight excluding hydrogens is 254 g/mol. The Labute approximate surface area is 119 Å². The van der Waals surface area contributed by atoms with Crippen LogP contribution in [0.2, 0.25) is 0 Å². The third-order valence-electron chi connectivity index (χ3n) is 4.33. The Bertz CT molecular complexity index is 510. The van der Waals surface area contributed by atoms with Gasteiger partial charge < -0.3 is 10.4 Å². The van der Waals surface area contributed by atoms with E-state index in [9.17, 15) is 9.59 Å². The van der Waals surface area contributed by atoms with E-state index in [-0.39, 0.29) is 11.8 Å². The monoisotopic (exact) mass is 275 g/mol. The Morgan fingerprint density at radius 1 is 1.25 bits per heavy atom. The second-order valence-corrected chi connectivity index (χ2v) is 6.17. The van der Waals surface area contributed by atoms with Gasteiger partial charge in [-0.3, -0.25) is 9.59 Å². The smallest absolute Gasteiger partial charge is 0.307 e. The maximum atomic E-state index is 12.1. The highest BCUT2D eigenvalue weighted by molar-refractivity contribution is 5.91. The summed E-state index contributed by atoms with van der Waals surface area (Å²) in [6.07, 6.45) is 0. The van der Waals surface area contributed by atoms with Crippen molar-refractivity contribution in [3.05, 3.63) is 35.9 Å². The summed E-state index contributed by atoms with van der Waals surface area (Å²) < 4.78 is 0. The number of hydrogen-bond donors (Lipinski definition) is 2. The van der Waals surface area contributed by atoms with Crippen molar-refractivity contribution in [2.75, 3.05) is 6.54 Å². The van der Waals surface area contributed by atoms with Crippen LogP contribution in [0.25, 0.3) is 0 Å². The lowest BCUT2D eigenvalue weighted by Gasteiger charge is -2.13. The quantitative estimate of drug-likeness (QED) is 0.866. The third-order valence-corrected chi connectivity index (χ3v) is 4.33. The van der Waals surface area contributed by atoms with Crippen LogP contribution in [-0.2, 0) is 9.59 Å². The molecule has 4 heteroatoms. The highest BCUT2D eigenvalue weighted by atomic mass is 16.4. The minimum Gasteiger partial charge on any atom is -0.481 e. The molecule has 1 fully saturated rings. The summed E-state index contributed by atoms with van der Waals surface area (Å²) in [6.45, 7) is 6.23. The van der Waals surface area contributed by atoms with Crippen molar-refractivity contribution in [1.29, 1.82) is 0 Å². The molecule has 0 saturated heterocycles. The molecule has 0 bridgehead atoms. The molecular formula is C16H21NO3. The first kappa shape index (κ1) is 14.6. The average Bonchev–Trinajstić information content (AvgIpc) is 3.00. The minimum absolute atomic E-state index is 0.148. The van der Waals surface area contributed by atoms with Gasteiger partial charge in [0.1, 0.15) is 0 Å². The summed E-state index contributed by atoms with van der Waals surface area (Å²) in [5, 5.41) is 12.0. The molecule has 108 valence electrons. The molecule has 1 aromatic rings. The minimum atomic E-state index is -0.883. The maximum absolute atomic E-state index is 12.1.